The van der Waals surface area contributed by atoms with Crippen LogP contribution in [0.25, 0.3) is 10.9 Å². The summed E-state index contributed by atoms with van der Waals surface area (Å²) < 4.78 is 1.85. The number of carbonyl (C=O) groups is 1. The number of piperidine rings is 1. The Hall–Kier alpha value is -2.08. The number of carbonyl (C=O) groups excluding carboxylic acids is 1. The molecule has 0 saturated carbocycles. The molecule has 0 bridgehead atoms. The third kappa shape index (κ3) is 4.02. The average molecular weight is 384 g/mol. The molecule has 2 aliphatic heterocycles. The third-order valence-corrected chi connectivity index (χ3v) is 6.39. The molecule has 0 aliphatic carbocycles. The molecule has 1 N–H and O–H groups in total. The predicted molar refractivity (Wildman–Crippen MR) is 114 cm³/mol. The van der Waals surface area contributed by atoms with Gasteiger partial charge in [0.15, 0.2) is 5.69 Å². The van der Waals surface area contributed by atoms with Gasteiger partial charge in [0.05, 0.1) is 5.52 Å². The van der Waals surface area contributed by atoms with Gasteiger partial charge in [-0.2, -0.15) is 5.10 Å². The summed E-state index contributed by atoms with van der Waals surface area (Å²) in [5, 5.41) is 8.74. The standard InChI is InChI=1S/C22H33N5O/c1-3-26-14-10-17(11-15-26)23-22(28)21-19-9-8-18(16-20(19)25(2)24-21)27-12-6-4-5-7-13-27/h8-9,16-17H,3-7,10-15H2,1-2H3,(H,23,28). The minimum atomic E-state index is -0.0388. The molecular weight excluding hydrogens is 350 g/mol. The molecule has 2 saturated heterocycles. The Kier molecular flexibility index (Phi) is 5.85. The smallest absolute Gasteiger partial charge is 0.272 e. The first-order valence-corrected chi connectivity index (χ1v) is 10.9. The van der Waals surface area contributed by atoms with Gasteiger partial charge in [0, 0.05) is 50.3 Å². The third-order valence-electron chi connectivity index (χ3n) is 6.39. The van der Waals surface area contributed by atoms with E-state index in [0.29, 0.717) is 5.69 Å². The number of benzene rings is 1. The second-order valence-corrected chi connectivity index (χ2v) is 8.26. The molecule has 0 unspecified atom stereocenters. The number of aromatic nitrogens is 2. The van der Waals surface area contributed by atoms with E-state index in [1.54, 1.807) is 0 Å². The van der Waals surface area contributed by atoms with Gasteiger partial charge in [0.1, 0.15) is 0 Å². The molecule has 0 atom stereocenters. The Morgan fingerprint density at radius 2 is 1.82 bits per heavy atom. The second kappa shape index (κ2) is 8.52. The Labute approximate surface area is 167 Å². The highest BCUT2D eigenvalue weighted by atomic mass is 16.2. The maximum Gasteiger partial charge on any atom is 0.272 e. The normalized spacial score (nSPS) is 19.7. The molecular formula is C22H33N5O. The van der Waals surface area contributed by atoms with Gasteiger partial charge in [-0.05, 0) is 50.4 Å². The van der Waals surface area contributed by atoms with Crippen LogP contribution >= 0.6 is 0 Å². The Morgan fingerprint density at radius 1 is 1.11 bits per heavy atom. The maximum absolute atomic E-state index is 12.9. The summed E-state index contributed by atoms with van der Waals surface area (Å²) in [5.41, 5.74) is 2.84. The fourth-order valence-corrected chi connectivity index (χ4v) is 4.59. The Morgan fingerprint density at radius 3 is 2.50 bits per heavy atom. The van der Waals surface area contributed by atoms with Gasteiger partial charge in [-0.15, -0.1) is 0 Å². The Balaban J connectivity index is 1.51. The Bertz CT molecular complexity index is 814. The van der Waals surface area contributed by atoms with Crippen molar-refractivity contribution in [3.63, 3.8) is 0 Å². The molecule has 1 aromatic carbocycles. The number of hydrogen-bond donors (Lipinski definition) is 1. The van der Waals surface area contributed by atoms with Crippen LogP contribution in [0, 0.1) is 0 Å². The molecule has 0 radical (unpaired) electrons. The second-order valence-electron chi connectivity index (χ2n) is 8.26. The first kappa shape index (κ1) is 19.2. The highest BCUT2D eigenvalue weighted by Gasteiger charge is 2.23. The van der Waals surface area contributed by atoms with Gasteiger partial charge >= 0.3 is 0 Å². The van der Waals surface area contributed by atoms with Crippen LogP contribution in [0.3, 0.4) is 0 Å². The monoisotopic (exact) mass is 383 g/mol. The van der Waals surface area contributed by atoms with Gasteiger partial charge in [0.25, 0.3) is 5.91 Å². The van der Waals surface area contributed by atoms with Crippen LogP contribution in [-0.2, 0) is 7.05 Å². The van der Waals surface area contributed by atoms with Crippen LogP contribution in [0.2, 0.25) is 0 Å². The fraction of sp³-hybridized carbons (Fsp3) is 0.636. The SMILES string of the molecule is CCN1CCC(NC(=O)c2nn(C)c3cc(N4CCCCCC4)ccc23)CC1. The first-order valence-electron chi connectivity index (χ1n) is 10.9. The predicted octanol–water partition coefficient (Wildman–Crippen LogP) is 3.17. The summed E-state index contributed by atoms with van der Waals surface area (Å²) in [7, 11) is 1.94. The molecule has 6 heteroatoms. The van der Waals surface area contributed by atoms with E-state index in [2.05, 4.69) is 45.3 Å². The van der Waals surface area contributed by atoms with Crippen molar-refractivity contribution >= 4 is 22.5 Å². The zero-order valence-electron chi connectivity index (χ0n) is 17.3. The molecule has 1 aromatic heterocycles. The van der Waals surface area contributed by atoms with Crippen molar-refractivity contribution in [3.8, 4) is 0 Å². The number of aryl methyl sites for hydroxylation is 1. The van der Waals surface area contributed by atoms with E-state index in [-0.39, 0.29) is 11.9 Å². The van der Waals surface area contributed by atoms with Crippen LogP contribution in [0.5, 0.6) is 0 Å². The zero-order valence-corrected chi connectivity index (χ0v) is 17.3. The largest absolute Gasteiger partial charge is 0.371 e. The molecule has 28 heavy (non-hydrogen) atoms. The lowest BCUT2D eigenvalue weighted by molar-refractivity contribution is 0.0908. The van der Waals surface area contributed by atoms with Crippen molar-refractivity contribution in [1.29, 1.82) is 0 Å². The van der Waals surface area contributed by atoms with Crippen molar-refractivity contribution in [1.82, 2.24) is 20.0 Å². The highest BCUT2D eigenvalue weighted by Crippen LogP contribution is 2.26. The minimum Gasteiger partial charge on any atom is -0.371 e. The lowest BCUT2D eigenvalue weighted by atomic mass is 10.0. The molecule has 0 spiro atoms. The van der Waals surface area contributed by atoms with E-state index < -0.39 is 0 Å². The van der Waals surface area contributed by atoms with Crippen LogP contribution in [-0.4, -0.2) is 59.4 Å². The lowest BCUT2D eigenvalue weighted by Gasteiger charge is -2.31. The molecule has 6 nitrogen and oxygen atoms in total. The van der Waals surface area contributed by atoms with Crippen molar-refractivity contribution < 1.29 is 4.79 Å². The van der Waals surface area contributed by atoms with Crippen LogP contribution in [0.15, 0.2) is 18.2 Å². The number of amides is 1. The number of hydrogen-bond acceptors (Lipinski definition) is 4. The van der Waals surface area contributed by atoms with Gasteiger partial charge < -0.3 is 15.1 Å². The molecule has 2 aromatic rings. The number of fused-ring (bicyclic) bond motifs is 1. The van der Waals surface area contributed by atoms with E-state index in [0.717, 1.165) is 56.5 Å². The average Bonchev–Trinajstić information content (AvgIpc) is 2.89. The van der Waals surface area contributed by atoms with E-state index in [1.807, 2.05) is 11.7 Å². The first-order chi connectivity index (χ1) is 13.7. The number of anilines is 1. The molecule has 4 rings (SSSR count). The van der Waals surface area contributed by atoms with Gasteiger partial charge in [-0.25, -0.2) is 0 Å². The number of likely N-dealkylation sites (tertiary alicyclic amines) is 1. The van der Waals surface area contributed by atoms with Crippen LogP contribution < -0.4 is 10.2 Å². The van der Waals surface area contributed by atoms with E-state index >= 15 is 0 Å². The van der Waals surface area contributed by atoms with Crippen LogP contribution in [0.4, 0.5) is 5.69 Å². The van der Waals surface area contributed by atoms with E-state index in [4.69, 9.17) is 0 Å². The summed E-state index contributed by atoms with van der Waals surface area (Å²) in [5.74, 6) is -0.0388. The van der Waals surface area contributed by atoms with Gasteiger partial charge in [-0.1, -0.05) is 19.8 Å². The molecule has 3 heterocycles. The quantitative estimate of drug-likeness (QED) is 0.881. The van der Waals surface area contributed by atoms with E-state index in [9.17, 15) is 4.79 Å². The number of nitrogens with zero attached hydrogens (tertiary/aromatic N) is 4. The van der Waals surface area contributed by atoms with Crippen molar-refractivity contribution in [2.45, 2.75) is 51.5 Å². The summed E-state index contributed by atoms with van der Waals surface area (Å²) in [6.07, 6.45) is 7.20. The van der Waals surface area contributed by atoms with E-state index in [1.165, 1.54) is 31.4 Å². The zero-order chi connectivity index (χ0) is 19.5. The van der Waals surface area contributed by atoms with Crippen molar-refractivity contribution in [2.24, 2.45) is 7.05 Å². The summed E-state index contributed by atoms with van der Waals surface area (Å²) in [6, 6.07) is 6.69. The fourth-order valence-electron chi connectivity index (χ4n) is 4.59. The highest BCUT2D eigenvalue weighted by molar-refractivity contribution is 6.05. The van der Waals surface area contributed by atoms with Gasteiger partial charge in [-0.3, -0.25) is 9.48 Å². The molecule has 2 aliphatic rings. The van der Waals surface area contributed by atoms with Crippen molar-refractivity contribution in [3.05, 3.63) is 23.9 Å². The molecule has 152 valence electrons. The molecule has 1 amide bonds. The summed E-state index contributed by atoms with van der Waals surface area (Å²) in [4.78, 5) is 17.8. The minimum absolute atomic E-state index is 0.0388. The topological polar surface area (TPSA) is 53.4 Å². The maximum atomic E-state index is 12.9. The van der Waals surface area contributed by atoms with Crippen molar-refractivity contribution in [2.75, 3.05) is 37.6 Å². The van der Waals surface area contributed by atoms with Crippen LogP contribution in [0.1, 0.15) is 55.9 Å². The summed E-state index contributed by atoms with van der Waals surface area (Å²) in [6.45, 7) is 7.64. The number of rotatable bonds is 4. The van der Waals surface area contributed by atoms with Gasteiger partial charge in [0.2, 0.25) is 0 Å². The summed E-state index contributed by atoms with van der Waals surface area (Å²) >= 11 is 0. The number of nitrogens with one attached hydrogen (secondary N) is 1. The molecule has 2 fully saturated rings. The lowest BCUT2D eigenvalue weighted by Crippen LogP contribution is -2.44.